The van der Waals surface area contributed by atoms with Crippen LogP contribution < -0.4 is 10.9 Å². The number of hydrogen-bond donors (Lipinski definition) is 2. The Bertz CT molecular complexity index is 98.7. The molecular formula is C3H6N3O2. The lowest BCUT2D eigenvalue weighted by Crippen LogP contribution is -2.22. The largest absolute Gasteiger partial charge is 0.264 e. The number of hydrazine groups is 1. The molecular weight excluding hydrogens is 110 g/mol. The Kier molecular flexibility index (Phi) is 1.40. The Morgan fingerprint density at radius 3 is 2.88 bits per heavy atom. The molecule has 0 saturated carbocycles. The summed E-state index contributed by atoms with van der Waals surface area (Å²) in [6, 6.07) is -0.560. The fourth-order valence-corrected chi connectivity index (χ4v) is 0.513. The molecule has 1 unspecified atom stereocenters. The molecule has 0 aromatic carbocycles. The summed E-state index contributed by atoms with van der Waals surface area (Å²) in [5.74, 6) is 0. The van der Waals surface area contributed by atoms with E-state index in [1.807, 2.05) is 0 Å². The molecule has 0 aliphatic carbocycles. The highest BCUT2D eigenvalue weighted by Crippen LogP contribution is 1.93. The van der Waals surface area contributed by atoms with Crippen molar-refractivity contribution < 1.29 is 4.92 Å². The zero-order valence-corrected chi connectivity index (χ0v) is 4.13. The topological polar surface area (TPSA) is 67.2 Å². The van der Waals surface area contributed by atoms with Crippen LogP contribution in [0.1, 0.15) is 0 Å². The first-order valence-corrected chi connectivity index (χ1v) is 2.26. The zero-order chi connectivity index (χ0) is 5.98. The molecule has 1 saturated heterocycles. The maximum absolute atomic E-state index is 9.90. The Hall–Kier alpha value is -0.680. The van der Waals surface area contributed by atoms with E-state index in [0.717, 1.165) is 0 Å². The van der Waals surface area contributed by atoms with Crippen LogP contribution in [-0.2, 0) is 0 Å². The summed E-state index contributed by atoms with van der Waals surface area (Å²) in [4.78, 5) is 9.56. The van der Waals surface area contributed by atoms with Crippen molar-refractivity contribution in [2.75, 3.05) is 6.54 Å². The summed E-state index contributed by atoms with van der Waals surface area (Å²) in [5, 5.41) is 9.90. The second kappa shape index (κ2) is 2.06. The summed E-state index contributed by atoms with van der Waals surface area (Å²) < 4.78 is 0. The van der Waals surface area contributed by atoms with Crippen molar-refractivity contribution in [1.82, 2.24) is 10.9 Å². The van der Waals surface area contributed by atoms with Gasteiger partial charge in [0.05, 0.1) is 6.54 Å². The minimum Gasteiger partial charge on any atom is -0.264 e. The van der Waals surface area contributed by atoms with Gasteiger partial charge in [0.25, 0.3) is 0 Å². The van der Waals surface area contributed by atoms with Gasteiger partial charge in [-0.2, -0.15) is 0 Å². The molecule has 5 nitrogen and oxygen atoms in total. The van der Waals surface area contributed by atoms with Crippen molar-refractivity contribution >= 4 is 0 Å². The average molecular weight is 116 g/mol. The number of nitro groups is 1. The lowest BCUT2D eigenvalue weighted by atomic mass is 10.3. The van der Waals surface area contributed by atoms with Gasteiger partial charge in [0, 0.05) is 4.92 Å². The molecule has 1 aliphatic rings. The quantitative estimate of drug-likeness (QED) is 0.337. The molecule has 1 radical (unpaired) electrons. The maximum Gasteiger partial charge on any atom is 0.244 e. The van der Waals surface area contributed by atoms with Crippen LogP contribution in [-0.4, -0.2) is 17.5 Å². The second-order valence-electron chi connectivity index (χ2n) is 1.54. The maximum atomic E-state index is 9.90. The summed E-state index contributed by atoms with van der Waals surface area (Å²) in [7, 11) is 0. The highest BCUT2D eigenvalue weighted by molar-refractivity contribution is 4.79. The van der Waals surface area contributed by atoms with Crippen LogP contribution in [0.4, 0.5) is 0 Å². The van der Waals surface area contributed by atoms with Crippen molar-refractivity contribution in [2.24, 2.45) is 0 Å². The molecule has 2 N–H and O–H groups in total. The third-order valence-electron chi connectivity index (χ3n) is 0.960. The number of rotatable bonds is 1. The fourth-order valence-electron chi connectivity index (χ4n) is 0.513. The van der Waals surface area contributed by atoms with E-state index in [9.17, 15) is 10.1 Å². The van der Waals surface area contributed by atoms with Crippen LogP contribution in [0.15, 0.2) is 0 Å². The van der Waals surface area contributed by atoms with Gasteiger partial charge in [0.1, 0.15) is 6.54 Å². The first-order valence-electron chi connectivity index (χ1n) is 2.26. The highest BCUT2D eigenvalue weighted by atomic mass is 16.6. The van der Waals surface area contributed by atoms with Crippen LogP contribution in [0.25, 0.3) is 0 Å². The highest BCUT2D eigenvalue weighted by Gasteiger charge is 2.24. The van der Waals surface area contributed by atoms with Gasteiger partial charge in [-0.25, -0.2) is 5.43 Å². The third kappa shape index (κ3) is 0.932. The molecule has 1 rings (SSSR count). The Morgan fingerprint density at radius 2 is 2.62 bits per heavy atom. The minimum absolute atomic E-state index is 0.340. The fraction of sp³-hybridized carbons (Fsp3) is 0.667. The summed E-state index contributed by atoms with van der Waals surface area (Å²) >= 11 is 0. The molecule has 0 amide bonds. The molecule has 1 atom stereocenters. The molecule has 0 aromatic heterocycles. The Labute approximate surface area is 46.2 Å². The first-order chi connectivity index (χ1) is 3.80. The predicted molar refractivity (Wildman–Crippen MR) is 26.2 cm³/mol. The molecule has 1 aliphatic heterocycles. The van der Waals surface area contributed by atoms with Crippen LogP contribution in [0, 0.1) is 16.7 Å². The van der Waals surface area contributed by atoms with Crippen LogP contribution in [0.2, 0.25) is 0 Å². The second-order valence-corrected chi connectivity index (χ2v) is 1.54. The van der Waals surface area contributed by atoms with Gasteiger partial charge in [-0.1, -0.05) is 0 Å². The predicted octanol–water partition coefficient (Wildman–Crippen LogP) is -1.10. The van der Waals surface area contributed by atoms with Crippen LogP contribution in [0.5, 0.6) is 0 Å². The van der Waals surface area contributed by atoms with E-state index in [1.54, 1.807) is 0 Å². The van der Waals surface area contributed by atoms with Crippen LogP contribution >= 0.6 is 0 Å². The van der Waals surface area contributed by atoms with Gasteiger partial charge < -0.3 is 0 Å². The SMILES string of the molecule is O=[N+]([O-])C1[CH]NNC1. The average Bonchev–Trinajstić information content (AvgIpc) is 2.12. The zero-order valence-electron chi connectivity index (χ0n) is 4.13. The minimum atomic E-state index is -0.560. The third-order valence-corrected chi connectivity index (χ3v) is 0.960. The van der Waals surface area contributed by atoms with Crippen molar-refractivity contribution in [3.8, 4) is 0 Å². The number of nitrogens with one attached hydrogen (secondary N) is 2. The standard InChI is InChI=1S/C3H6N3O2/c7-6(8)3-1-4-5-2-3/h1,3-5H,2H2. The number of hydrogen-bond acceptors (Lipinski definition) is 4. The summed E-state index contributed by atoms with van der Waals surface area (Å²) in [5.41, 5.74) is 5.14. The van der Waals surface area contributed by atoms with E-state index in [0.29, 0.717) is 6.54 Å². The van der Waals surface area contributed by atoms with E-state index >= 15 is 0 Å². The molecule has 0 aromatic rings. The summed E-state index contributed by atoms with van der Waals surface area (Å²) in [6.07, 6.45) is 0. The first kappa shape index (κ1) is 5.46. The van der Waals surface area contributed by atoms with Gasteiger partial charge in [-0.05, 0) is 0 Å². The monoisotopic (exact) mass is 116 g/mol. The van der Waals surface area contributed by atoms with E-state index < -0.39 is 6.04 Å². The van der Waals surface area contributed by atoms with Crippen molar-refractivity contribution in [3.05, 3.63) is 16.7 Å². The lowest BCUT2D eigenvalue weighted by Gasteiger charge is -1.92. The van der Waals surface area contributed by atoms with Crippen LogP contribution in [0.3, 0.4) is 0 Å². The van der Waals surface area contributed by atoms with Gasteiger partial charge in [0.15, 0.2) is 0 Å². The smallest absolute Gasteiger partial charge is 0.244 e. The molecule has 5 heteroatoms. The molecule has 45 valence electrons. The van der Waals surface area contributed by atoms with Crippen molar-refractivity contribution in [2.45, 2.75) is 6.04 Å². The normalized spacial score (nSPS) is 21.5. The number of nitrogens with zero attached hydrogens (tertiary/aromatic N) is 1. The summed E-state index contributed by atoms with van der Waals surface area (Å²) in [6.45, 7) is 1.80. The molecule has 1 fully saturated rings. The van der Waals surface area contributed by atoms with Crippen molar-refractivity contribution in [1.29, 1.82) is 0 Å². The van der Waals surface area contributed by atoms with Gasteiger partial charge >= 0.3 is 0 Å². The lowest BCUT2D eigenvalue weighted by molar-refractivity contribution is -0.508. The van der Waals surface area contributed by atoms with E-state index in [4.69, 9.17) is 0 Å². The van der Waals surface area contributed by atoms with Gasteiger partial charge in [0.2, 0.25) is 6.04 Å². The molecule has 8 heavy (non-hydrogen) atoms. The van der Waals surface area contributed by atoms with E-state index in [-0.39, 0.29) is 4.92 Å². The molecule has 1 heterocycles. The Balaban J connectivity index is 2.35. The van der Waals surface area contributed by atoms with E-state index in [2.05, 4.69) is 10.9 Å². The van der Waals surface area contributed by atoms with E-state index in [1.165, 1.54) is 6.54 Å². The molecule has 0 bridgehead atoms. The Morgan fingerprint density at radius 1 is 1.88 bits per heavy atom. The van der Waals surface area contributed by atoms with Gasteiger partial charge in [-0.15, -0.1) is 0 Å². The van der Waals surface area contributed by atoms with Gasteiger partial charge in [-0.3, -0.25) is 15.5 Å². The molecule has 0 spiro atoms. The van der Waals surface area contributed by atoms with Crippen molar-refractivity contribution in [3.63, 3.8) is 0 Å².